The number of aromatic nitrogens is 4. The average Bonchev–Trinajstić information content (AvgIpc) is 3.18. The second kappa shape index (κ2) is 9.97. The lowest BCUT2D eigenvalue weighted by molar-refractivity contribution is -0.128. The number of likely N-dealkylation sites (N-methyl/N-ethyl adjacent to an activating group) is 1. The van der Waals surface area contributed by atoms with Crippen molar-refractivity contribution >= 4 is 40.1 Å². The fourth-order valence-electron chi connectivity index (χ4n) is 4.44. The molecular weight excluding hydrogens is 501 g/mol. The van der Waals surface area contributed by atoms with Crippen LogP contribution in [0.15, 0.2) is 43.0 Å². The van der Waals surface area contributed by atoms with Crippen molar-refractivity contribution in [3.8, 4) is 11.1 Å². The first-order valence-corrected chi connectivity index (χ1v) is 12.6. The third kappa shape index (κ3) is 5.52. The highest BCUT2D eigenvalue weighted by molar-refractivity contribution is 6.03. The number of halogens is 1. The van der Waals surface area contributed by atoms with E-state index in [-0.39, 0.29) is 23.6 Å². The Hall–Kier alpha value is -4.54. The van der Waals surface area contributed by atoms with Crippen LogP contribution < -0.4 is 10.6 Å². The summed E-state index contributed by atoms with van der Waals surface area (Å²) in [6, 6.07) is 5.26. The molecule has 4 heterocycles. The zero-order valence-electron chi connectivity index (χ0n) is 22.5. The van der Waals surface area contributed by atoms with Gasteiger partial charge in [0, 0.05) is 61.4 Å². The van der Waals surface area contributed by atoms with Crippen molar-refractivity contribution in [2.75, 3.05) is 24.2 Å². The van der Waals surface area contributed by atoms with E-state index in [1.807, 2.05) is 17.7 Å². The van der Waals surface area contributed by atoms with Gasteiger partial charge in [-0.05, 0) is 56.8 Å². The van der Waals surface area contributed by atoms with Gasteiger partial charge in [0.2, 0.25) is 5.91 Å². The highest BCUT2D eigenvalue weighted by Crippen LogP contribution is 2.37. The van der Waals surface area contributed by atoms with E-state index in [9.17, 15) is 9.59 Å². The number of ether oxygens (including phenoxy) is 1. The molecule has 2 amide bonds. The molecule has 39 heavy (non-hydrogen) atoms. The quantitative estimate of drug-likeness (QED) is 0.379. The van der Waals surface area contributed by atoms with Gasteiger partial charge in [0.1, 0.15) is 23.1 Å². The minimum absolute atomic E-state index is 0.0139. The summed E-state index contributed by atoms with van der Waals surface area (Å²) >= 11 is 0. The topological polar surface area (TPSA) is 114 Å². The molecule has 2 N–H and O–H groups in total. The Morgan fingerprint density at radius 2 is 1.92 bits per heavy atom. The minimum Gasteiger partial charge on any atom is -0.444 e. The van der Waals surface area contributed by atoms with Gasteiger partial charge >= 0.3 is 6.09 Å². The number of nitrogens with one attached hydrogen (secondary N) is 2. The molecule has 0 unspecified atom stereocenters. The molecule has 0 saturated heterocycles. The van der Waals surface area contributed by atoms with Gasteiger partial charge < -0.3 is 19.5 Å². The zero-order valence-corrected chi connectivity index (χ0v) is 22.5. The van der Waals surface area contributed by atoms with Gasteiger partial charge in [-0.25, -0.2) is 19.2 Å². The molecule has 1 aliphatic heterocycles. The van der Waals surface area contributed by atoms with Crippen molar-refractivity contribution < 1.29 is 18.7 Å². The Kier molecular flexibility index (Phi) is 6.67. The molecule has 0 aliphatic carbocycles. The second-order valence-corrected chi connectivity index (χ2v) is 10.6. The SMILES string of the molecule is Cc1ccncc1-c1cc2cc(Nc3cn4c(n3)CC(=O)N(C)CC4)ncc2c(NC(=O)OC(C)(C)C)c1F. The number of pyridine rings is 2. The minimum atomic E-state index is -0.773. The summed E-state index contributed by atoms with van der Waals surface area (Å²) in [7, 11) is 1.78. The van der Waals surface area contributed by atoms with Crippen molar-refractivity contribution in [3.63, 3.8) is 0 Å². The Labute approximate surface area is 225 Å². The maximum absolute atomic E-state index is 15.9. The van der Waals surface area contributed by atoms with E-state index < -0.39 is 17.5 Å². The summed E-state index contributed by atoms with van der Waals surface area (Å²) in [4.78, 5) is 39.8. The molecule has 10 nitrogen and oxygen atoms in total. The number of aryl methyl sites for hydroxylation is 1. The van der Waals surface area contributed by atoms with Crippen LogP contribution in [0, 0.1) is 12.7 Å². The predicted octanol–water partition coefficient (Wildman–Crippen LogP) is 5.05. The first-order valence-electron chi connectivity index (χ1n) is 12.6. The molecule has 0 saturated carbocycles. The van der Waals surface area contributed by atoms with Gasteiger partial charge in [0.15, 0.2) is 5.82 Å². The lowest BCUT2D eigenvalue weighted by Gasteiger charge is -2.21. The number of nitrogens with zero attached hydrogens (tertiary/aromatic N) is 5. The van der Waals surface area contributed by atoms with Crippen molar-refractivity contribution in [1.29, 1.82) is 0 Å². The normalized spacial score (nSPS) is 13.7. The van der Waals surface area contributed by atoms with E-state index in [1.54, 1.807) is 63.3 Å². The molecule has 0 bridgehead atoms. The number of imidazole rings is 1. The molecule has 4 aromatic rings. The number of fused-ring (bicyclic) bond motifs is 2. The number of hydrogen-bond acceptors (Lipinski definition) is 7. The predicted molar refractivity (Wildman–Crippen MR) is 146 cm³/mol. The smallest absolute Gasteiger partial charge is 0.412 e. The number of hydrogen-bond donors (Lipinski definition) is 2. The van der Waals surface area contributed by atoms with E-state index in [0.717, 1.165) is 5.56 Å². The molecule has 0 atom stereocenters. The highest BCUT2D eigenvalue weighted by Gasteiger charge is 2.23. The molecule has 1 aromatic carbocycles. The van der Waals surface area contributed by atoms with Gasteiger partial charge in [0.25, 0.3) is 0 Å². The van der Waals surface area contributed by atoms with Crippen LogP contribution in [0.1, 0.15) is 32.2 Å². The summed E-state index contributed by atoms with van der Waals surface area (Å²) in [5.74, 6) is 1.10. The Balaban J connectivity index is 1.55. The summed E-state index contributed by atoms with van der Waals surface area (Å²) in [5, 5.41) is 6.82. The third-order valence-electron chi connectivity index (χ3n) is 6.44. The van der Waals surface area contributed by atoms with Crippen molar-refractivity contribution in [3.05, 3.63) is 60.2 Å². The van der Waals surface area contributed by atoms with Gasteiger partial charge in [0.05, 0.1) is 12.1 Å². The van der Waals surface area contributed by atoms with E-state index in [2.05, 4.69) is 25.6 Å². The number of amides is 2. The van der Waals surface area contributed by atoms with Crippen molar-refractivity contribution in [1.82, 2.24) is 24.4 Å². The molecule has 1 aliphatic rings. The molecule has 11 heteroatoms. The third-order valence-corrected chi connectivity index (χ3v) is 6.44. The number of benzene rings is 1. The van der Waals surface area contributed by atoms with Crippen LogP contribution >= 0.6 is 0 Å². The Morgan fingerprint density at radius 1 is 1.13 bits per heavy atom. The highest BCUT2D eigenvalue weighted by atomic mass is 19.1. The zero-order chi connectivity index (χ0) is 27.9. The van der Waals surface area contributed by atoms with Crippen LogP contribution in [0.25, 0.3) is 21.9 Å². The summed E-state index contributed by atoms with van der Waals surface area (Å²) in [6.07, 6.45) is 6.02. The molecule has 0 radical (unpaired) electrons. The monoisotopic (exact) mass is 531 g/mol. The van der Waals surface area contributed by atoms with Crippen LogP contribution in [-0.4, -0.2) is 55.6 Å². The second-order valence-electron chi connectivity index (χ2n) is 10.6. The standard InChI is InChI=1S/C28H30FN7O3/c1-16-6-7-30-13-19(16)18-10-17-11-21(32-22-15-36-9-8-35(5)24(37)12-23(36)33-22)31-14-20(17)26(25(18)29)34-27(38)39-28(2,3)4/h6-7,10-11,13-15H,8-9,12H2,1-5H3,(H,31,32)(H,34,38). The van der Waals surface area contributed by atoms with Crippen molar-refractivity contribution in [2.24, 2.45) is 0 Å². The summed E-state index contributed by atoms with van der Waals surface area (Å²) in [5.41, 5.74) is 0.927. The molecular formula is C28H30FN7O3. The van der Waals surface area contributed by atoms with Crippen molar-refractivity contribution in [2.45, 2.75) is 46.3 Å². The number of carbonyl (C=O) groups is 2. The molecule has 202 valence electrons. The number of anilines is 3. The van der Waals surface area contributed by atoms with E-state index >= 15 is 4.39 Å². The molecule has 0 fully saturated rings. The number of carbonyl (C=O) groups excluding carboxylic acids is 2. The molecule has 0 spiro atoms. The lowest BCUT2D eigenvalue weighted by Crippen LogP contribution is -2.28. The maximum Gasteiger partial charge on any atom is 0.412 e. The molecule has 5 rings (SSSR count). The largest absolute Gasteiger partial charge is 0.444 e. The first kappa shape index (κ1) is 26.1. The fourth-order valence-corrected chi connectivity index (χ4v) is 4.44. The van der Waals surface area contributed by atoms with E-state index in [4.69, 9.17) is 4.74 Å². The van der Waals surface area contributed by atoms with Crippen LogP contribution in [0.3, 0.4) is 0 Å². The van der Waals surface area contributed by atoms with Gasteiger partial charge in [-0.3, -0.25) is 15.1 Å². The van der Waals surface area contributed by atoms with Crippen LogP contribution in [0.4, 0.5) is 26.5 Å². The lowest BCUT2D eigenvalue weighted by atomic mass is 9.98. The summed E-state index contributed by atoms with van der Waals surface area (Å²) in [6.45, 7) is 8.32. The Morgan fingerprint density at radius 3 is 2.67 bits per heavy atom. The number of rotatable bonds is 4. The van der Waals surface area contributed by atoms with Crippen LogP contribution in [0.2, 0.25) is 0 Å². The summed E-state index contributed by atoms with van der Waals surface area (Å²) < 4.78 is 23.3. The van der Waals surface area contributed by atoms with E-state index in [1.165, 1.54) is 6.20 Å². The van der Waals surface area contributed by atoms with E-state index in [0.29, 0.717) is 46.9 Å². The average molecular weight is 532 g/mol. The first-order chi connectivity index (χ1) is 18.5. The van der Waals surface area contributed by atoms with Gasteiger partial charge in [-0.1, -0.05) is 0 Å². The fraction of sp³-hybridized carbons (Fsp3) is 0.321. The van der Waals surface area contributed by atoms with Crippen LogP contribution in [0.5, 0.6) is 0 Å². The van der Waals surface area contributed by atoms with Gasteiger partial charge in [-0.15, -0.1) is 0 Å². The molecule has 3 aromatic heterocycles. The maximum atomic E-state index is 15.9. The van der Waals surface area contributed by atoms with Crippen LogP contribution in [-0.2, 0) is 22.5 Å². The van der Waals surface area contributed by atoms with Gasteiger partial charge in [-0.2, -0.15) is 0 Å². The Bertz CT molecular complexity index is 1590.